The molecule has 24 heavy (non-hydrogen) atoms. The molecule has 0 aliphatic carbocycles. The zero-order chi connectivity index (χ0) is 17.1. The predicted octanol–water partition coefficient (Wildman–Crippen LogP) is 4.54. The molecule has 0 aliphatic rings. The Labute approximate surface area is 145 Å². The minimum Gasteiger partial charge on any atom is -0.396 e. The maximum absolute atomic E-state index is 12.6. The summed E-state index contributed by atoms with van der Waals surface area (Å²) in [7, 11) is 0. The first-order chi connectivity index (χ1) is 11.6. The maximum Gasteiger partial charge on any atom is 0.195 e. The lowest BCUT2D eigenvalue weighted by molar-refractivity contribution is 0.103. The van der Waals surface area contributed by atoms with Crippen LogP contribution in [0.5, 0.6) is 0 Å². The molecule has 0 heterocycles. The van der Waals surface area contributed by atoms with E-state index in [1.54, 1.807) is 18.2 Å². The van der Waals surface area contributed by atoms with E-state index in [4.69, 9.17) is 11.5 Å². The highest BCUT2D eigenvalue weighted by Gasteiger charge is 2.16. The number of aryl methyl sites for hydroxylation is 1. The molecule has 0 aromatic heterocycles. The van der Waals surface area contributed by atoms with Crippen molar-refractivity contribution in [3.63, 3.8) is 0 Å². The standard InChI is InChI=1S/C20H18N2OS/c1-13-7-9-15(10-8-13)24-17-12-11-16(18(21)19(17)22)20(23)14-5-3-2-4-6-14/h2-12H,21-22H2,1H3. The summed E-state index contributed by atoms with van der Waals surface area (Å²) >= 11 is 1.54. The van der Waals surface area contributed by atoms with Crippen molar-refractivity contribution in [1.29, 1.82) is 0 Å². The van der Waals surface area contributed by atoms with Gasteiger partial charge in [0, 0.05) is 20.9 Å². The zero-order valence-electron chi connectivity index (χ0n) is 13.3. The number of benzene rings is 3. The predicted molar refractivity (Wildman–Crippen MR) is 100 cm³/mol. The molecule has 4 N–H and O–H groups in total. The number of hydrogen-bond donors (Lipinski definition) is 2. The fourth-order valence-electron chi connectivity index (χ4n) is 2.38. The molecule has 3 aromatic carbocycles. The number of ketones is 1. The average Bonchev–Trinajstić information content (AvgIpc) is 2.61. The van der Waals surface area contributed by atoms with E-state index in [0.29, 0.717) is 22.5 Å². The molecule has 3 aromatic rings. The molecule has 0 radical (unpaired) electrons. The maximum atomic E-state index is 12.6. The first-order valence-corrected chi connectivity index (χ1v) is 8.40. The van der Waals surface area contributed by atoms with Crippen molar-refractivity contribution in [2.24, 2.45) is 0 Å². The van der Waals surface area contributed by atoms with Crippen molar-refractivity contribution >= 4 is 28.9 Å². The van der Waals surface area contributed by atoms with E-state index < -0.39 is 0 Å². The van der Waals surface area contributed by atoms with E-state index in [0.717, 1.165) is 9.79 Å². The van der Waals surface area contributed by atoms with Gasteiger partial charge in [-0.1, -0.05) is 59.8 Å². The third-order valence-electron chi connectivity index (χ3n) is 3.78. The molecule has 0 amide bonds. The van der Waals surface area contributed by atoms with E-state index in [1.165, 1.54) is 17.3 Å². The van der Waals surface area contributed by atoms with Gasteiger partial charge in [0.1, 0.15) is 0 Å². The number of anilines is 2. The van der Waals surface area contributed by atoms with Crippen LogP contribution in [0.2, 0.25) is 0 Å². The van der Waals surface area contributed by atoms with Crippen molar-refractivity contribution in [1.82, 2.24) is 0 Å². The van der Waals surface area contributed by atoms with E-state index in [9.17, 15) is 4.79 Å². The van der Waals surface area contributed by atoms with Crippen LogP contribution in [0.25, 0.3) is 0 Å². The molecule has 0 aliphatic heterocycles. The lowest BCUT2D eigenvalue weighted by atomic mass is 10.0. The van der Waals surface area contributed by atoms with E-state index in [-0.39, 0.29) is 5.78 Å². The fourth-order valence-corrected chi connectivity index (χ4v) is 3.26. The van der Waals surface area contributed by atoms with Crippen molar-refractivity contribution in [2.45, 2.75) is 16.7 Å². The monoisotopic (exact) mass is 334 g/mol. The van der Waals surface area contributed by atoms with Crippen molar-refractivity contribution < 1.29 is 4.79 Å². The summed E-state index contributed by atoms with van der Waals surface area (Å²) in [6, 6.07) is 20.9. The van der Waals surface area contributed by atoms with Gasteiger partial charge in [-0.3, -0.25) is 4.79 Å². The summed E-state index contributed by atoms with van der Waals surface area (Å²) in [5.41, 5.74) is 15.3. The van der Waals surface area contributed by atoms with Gasteiger partial charge in [0.15, 0.2) is 5.78 Å². The normalized spacial score (nSPS) is 10.5. The van der Waals surface area contributed by atoms with Crippen LogP contribution in [-0.4, -0.2) is 5.78 Å². The first-order valence-electron chi connectivity index (χ1n) is 7.58. The molecule has 3 nitrogen and oxygen atoms in total. The number of rotatable bonds is 4. The van der Waals surface area contributed by atoms with Gasteiger partial charge in [-0.05, 0) is 31.2 Å². The molecule has 0 saturated heterocycles. The Morgan fingerprint density at radius 1 is 0.833 bits per heavy atom. The molecular weight excluding hydrogens is 316 g/mol. The van der Waals surface area contributed by atoms with E-state index in [2.05, 4.69) is 12.1 Å². The van der Waals surface area contributed by atoms with Crippen molar-refractivity contribution in [2.75, 3.05) is 11.5 Å². The fraction of sp³-hybridized carbons (Fsp3) is 0.0500. The summed E-state index contributed by atoms with van der Waals surface area (Å²) in [6.45, 7) is 2.05. The molecule has 0 saturated carbocycles. The highest BCUT2D eigenvalue weighted by atomic mass is 32.2. The van der Waals surface area contributed by atoms with Crippen LogP contribution in [0.4, 0.5) is 11.4 Å². The van der Waals surface area contributed by atoms with Gasteiger partial charge in [0.25, 0.3) is 0 Å². The molecule has 3 rings (SSSR count). The lowest BCUT2D eigenvalue weighted by Gasteiger charge is -2.12. The molecule has 120 valence electrons. The minimum absolute atomic E-state index is 0.119. The van der Waals surface area contributed by atoms with Crippen molar-refractivity contribution in [3.8, 4) is 0 Å². The van der Waals surface area contributed by atoms with Gasteiger partial charge in [0.05, 0.1) is 11.4 Å². The molecule has 0 atom stereocenters. The van der Waals surface area contributed by atoms with Crippen LogP contribution < -0.4 is 11.5 Å². The zero-order valence-corrected chi connectivity index (χ0v) is 14.1. The Hall–Kier alpha value is -2.72. The highest BCUT2D eigenvalue weighted by molar-refractivity contribution is 7.99. The van der Waals surface area contributed by atoms with E-state index >= 15 is 0 Å². The van der Waals surface area contributed by atoms with Gasteiger partial charge >= 0.3 is 0 Å². The van der Waals surface area contributed by atoms with Crippen LogP contribution >= 0.6 is 11.8 Å². The Balaban J connectivity index is 1.91. The summed E-state index contributed by atoms with van der Waals surface area (Å²) < 4.78 is 0. The van der Waals surface area contributed by atoms with Crippen molar-refractivity contribution in [3.05, 3.63) is 83.4 Å². The number of hydrogen-bond acceptors (Lipinski definition) is 4. The van der Waals surface area contributed by atoms with Crippen LogP contribution in [-0.2, 0) is 0 Å². The van der Waals surface area contributed by atoms with Gasteiger partial charge < -0.3 is 11.5 Å². The second-order valence-corrected chi connectivity index (χ2v) is 6.66. The second kappa shape index (κ2) is 6.81. The molecule has 4 heteroatoms. The summed E-state index contributed by atoms with van der Waals surface area (Å²) in [5.74, 6) is -0.119. The molecule has 0 fully saturated rings. The third kappa shape index (κ3) is 3.29. The smallest absolute Gasteiger partial charge is 0.195 e. The van der Waals surface area contributed by atoms with Crippen LogP contribution in [0.1, 0.15) is 21.5 Å². The SMILES string of the molecule is Cc1ccc(Sc2ccc(C(=O)c3ccccc3)c(N)c2N)cc1. The topological polar surface area (TPSA) is 69.1 Å². The molecule has 0 unspecified atom stereocenters. The molecule has 0 spiro atoms. The Kier molecular flexibility index (Phi) is 4.58. The summed E-state index contributed by atoms with van der Waals surface area (Å²) in [5, 5.41) is 0. The summed E-state index contributed by atoms with van der Waals surface area (Å²) in [6.07, 6.45) is 0. The van der Waals surface area contributed by atoms with Crippen LogP contribution in [0, 0.1) is 6.92 Å². The molecular formula is C20H18N2OS. The average molecular weight is 334 g/mol. The number of carbonyl (C=O) groups is 1. The van der Waals surface area contributed by atoms with E-state index in [1.807, 2.05) is 43.3 Å². The Morgan fingerprint density at radius 2 is 1.50 bits per heavy atom. The third-order valence-corrected chi connectivity index (χ3v) is 4.86. The largest absolute Gasteiger partial charge is 0.396 e. The number of nitrogens with two attached hydrogens (primary N) is 2. The Morgan fingerprint density at radius 3 is 2.17 bits per heavy atom. The number of nitrogen functional groups attached to an aromatic ring is 2. The molecule has 0 bridgehead atoms. The minimum atomic E-state index is -0.119. The summed E-state index contributed by atoms with van der Waals surface area (Å²) in [4.78, 5) is 14.5. The highest BCUT2D eigenvalue weighted by Crippen LogP contribution is 2.37. The first kappa shape index (κ1) is 16.1. The lowest BCUT2D eigenvalue weighted by Crippen LogP contribution is -2.08. The second-order valence-electron chi connectivity index (χ2n) is 5.55. The van der Waals surface area contributed by atoms with Gasteiger partial charge in [-0.15, -0.1) is 0 Å². The van der Waals surface area contributed by atoms with Gasteiger partial charge in [-0.25, -0.2) is 0 Å². The Bertz CT molecular complexity index is 874. The van der Waals surface area contributed by atoms with Gasteiger partial charge in [0.2, 0.25) is 0 Å². The quantitative estimate of drug-likeness (QED) is 0.543. The number of carbonyl (C=O) groups excluding carboxylic acids is 1. The van der Waals surface area contributed by atoms with Gasteiger partial charge in [-0.2, -0.15) is 0 Å². The van der Waals surface area contributed by atoms with Crippen LogP contribution in [0.15, 0.2) is 76.5 Å². The van der Waals surface area contributed by atoms with Crippen LogP contribution in [0.3, 0.4) is 0 Å².